The third-order valence-corrected chi connectivity index (χ3v) is 3.92. The molecule has 0 aliphatic heterocycles. The summed E-state index contributed by atoms with van der Waals surface area (Å²) in [5.74, 6) is 0.402. The lowest BCUT2D eigenvalue weighted by molar-refractivity contribution is -0.115. The van der Waals surface area contributed by atoms with E-state index in [1.165, 1.54) is 23.1 Å². The zero-order valence-corrected chi connectivity index (χ0v) is 11.2. The summed E-state index contributed by atoms with van der Waals surface area (Å²) in [4.78, 5) is 15.9. The highest BCUT2D eigenvalue weighted by Gasteiger charge is 2.17. The summed E-state index contributed by atoms with van der Waals surface area (Å²) < 4.78 is 0.677. The number of rotatable bonds is 4. The zero-order chi connectivity index (χ0) is 13.0. The molecule has 0 bridgehead atoms. The fourth-order valence-corrected chi connectivity index (χ4v) is 2.92. The number of carbonyl (C=O) groups is 1. The Balaban J connectivity index is 1.93. The number of nitrogen functional groups attached to an aromatic ring is 1. The molecular formula is C10H11N5OS2. The predicted octanol–water partition coefficient (Wildman–Crippen LogP) is 1.63. The first kappa shape index (κ1) is 12.8. The van der Waals surface area contributed by atoms with Gasteiger partial charge in [-0.15, -0.1) is 10.2 Å². The molecular weight excluding hydrogens is 270 g/mol. The van der Waals surface area contributed by atoms with Gasteiger partial charge in [-0.2, -0.15) is 0 Å². The molecule has 0 spiro atoms. The molecule has 94 valence electrons. The fraction of sp³-hybridized carbons (Fsp3) is 0.200. The van der Waals surface area contributed by atoms with Gasteiger partial charge in [0.15, 0.2) is 4.34 Å². The summed E-state index contributed by atoms with van der Waals surface area (Å²) in [6.45, 7) is 1.79. The SMILES string of the molecule is CC(Sc1nnc(N)s1)C(=O)Nc1ccccn1. The Morgan fingerprint density at radius 2 is 2.33 bits per heavy atom. The molecule has 2 heterocycles. The maximum atomic E-state index is 11.9. The molecule has 2 aromatic rings. The monoisotopic (exact) mass is 281 g/mol. The zero-order valence-electron chi connectivity index (χ0n) is 9.53. The number of nitrogens with zero attached hydrogens (tertiary/aromatic N) is 3. The summed E-state index contributed by atoms with van der Waals surface area (Å²) in [5, 5.41) is 10.4. The van der Waals surface area contributed by atoms with Crippen molar-refractivity contribution >= 4 is 40.0 Å². The Hall–Kier alpha value is -1.67. The summed E-state index contributed by atoms with van der Waals surface area (Å²) in [6.07, 6.45) is 1.62. The van der Waals surface area contributed by atoms with Crippen molar-refractivity contribution in [2.24, 2.45) is 0 Å². The molecule has 2 rings (SSSR count). The van der Waals surface area contributed by atoms with Gasteiger partial charge in [0.2, 0.25) is 11.0 Å². The first-order valence-corrected chi connectivity index (χ1v) is 6.82. The Kier molecular flexibility index (Phi) is 4.11. The van der Waals surface area contributed by atoms with Crippen molar-refractivity contribution in [3.05, 3.63) is 24.4 Å². The van der Waals surface area contributed by atoms with Gasteiger partial charge in [0, 0.05) is 6.20 Å². The van der Waals surface area contributed by atoms with Crippen molar-refractivity contribution in [1.29, 1.82) is 0 Å². The van der Waals surface area contributed by atoms with Crippen LogP contribution in [0.15, 0.2) is 28.7 Å². The molecule has 0 saturated carbocycles. The molecule has 18 heavy (non-hydrogen) atoms. The van der Waals surface area contributed by atoms with Crippen molar-refractivity contribution in [1.82, 2.24) is 15.2 Å². The van der Waals surface area contributed by atoms with E-state index in [1.807, 2.05) is 6.07 Å². The number of hydrogen-bond donors (Lipinski definition) is 2. The van der Waals surface area contributed by atoms with Crippen LogP contribution in [0.25, 0.3) is 0 Å². The number of anilines is 2. The Morgan fingerprint density at radius 3 is 2.94 bits per heavy atom. The lowest BCUT2D eigenvalue weighted by Crippen LogP contribution is -2.22. The van der Waals surface area contributed by atoms with E-state index >= 15 is 0 Å². The lowest BCUT2D eigenvalue weighted by Gasteiger charge is -2.09. The van der Waals surface area contributed by atoms with Crippen LogP contribution >= 0.6 is 23.1 Å². The van der Waals surface area contributed by atoms with Crippen LogP contribution in [0.2, 0.25) is 0 Å². The van der Waals surface area contributed by atoms with E-state index in [9.17, 15) is 4.79 Å². The molecule has 0 radical (unpaired) electrons. The van der Waals surface area contributed by atoms with Crippen LogP contribution in [0.3, 0.4) is 0 Å². The molecule has 6 nitrogen and oxygen atoms in total. The van der Waals surface area contributed by atoms with Gasteiger partial charge in [-0.05, 0) is 19.1 Å². The van der Waals surface area contributed by atoms with Crippen molar-refractivity contribution in [3.63, 3.8) is 0 Å². The summed E-state index contributed by atoms with van der Waals surface area (Å²) >= 11 is 2.58. The van der Waals surface area contributed by atoms with Crippen molar-refractivity contribution in [2.45, 2.75) is 16.5 Å². The number of thioether (sulfide) groups is 1. The molecule has 0 fully saturated rings. The van der Waals surface area contributed by atoms with Crippen molar-refractivity contribution in [2.75, 3.05) is 11.1 Å². The topological polar surface area (TPSA) is 93.8 Å². The standard InChI is InChI=1S/C10H11N5OS2/c1-6(17-10-15-14-9(11)18-10)8(16)13-7-4-2-3-5-12-7/h2-6H,1H3,(H2,11,14)(H,12,13,16). The van der Waals surface area contributed by atoms with E-state index in [-0.39, 0.29) is 11.2 Å². The van der Waals surface area contributed by atoms with Crippen molar-refractivity contribution < 1.29 is 4.79 Å². The number of amides is 1. The average molecular weight is 281 g/mol. The van der Waals surface area contributed by atoms with Crippen LogP contribution in [0, 0.1) is 0 Å². The van der Waals surface area contributed by atoms with Gasteiger partial charge in [0.05, 0.1) is 5.25 Å². The second kappa shape index (κ2) is 5.78. The van der Waals surface area contributed by atoms with Gasteiger partial charge < -0.3 is 11.1 Å². The molecule has 3 N–H and O–H groups in total. The van der Waals surface area contributed by atoms with Gasteiger partial charge in [0.1, 0.15) is 5.82 Å². The van der Waals surface area contributed by atoms with Crippen LogP contribution < -0.4 is 11.1 Å². The Labute approximate surface area is 112 Å². The highest BCUT2D eigenvalue weighted by molar-refractivity contribution is 8.02. The maximum Gasteiger partial charge on any atom is 0.238 e. The molecule has 2 aromatic heterocycles. The third-order valence-electron chi connectivity index (χ3n) is 1.99. The minimum absolute atomic E-state index is 0.132. The summed E-state index contributed by atoms with van der Waals surface area (Å²) in [5.41, 5.74) is 5.48. The first-order valence-electron chi connectivity index (χ1n) is 5.12. The van der Waals surface area contributed by atoms with Gasteiger partial charge in [0.25, 0.3) is 0 Å². The minimum atomic E-state index is -0.292. The third kappa shape index (κ3) is 3.41. The van der Waals surface area contributed by atoms with E-state index in [0.717, 1.165) is 0 Å². The summed E-state index contributed by atoms with van der Waals surface area (Å²) in [7, 11) is 0. The van der Waals surface area contributed by atoms with Crippen molar-refractivity contribution in [3.8, 4) is 0 Å². The van der Waals surface area contributed by atoms with E-state index in [0.29, 0.717) is 15.3 Å². The number of aromatic nitrogens is 3. The second-order valence-corrected chi connectivity index (χ2v) is 5.97. The molecule has 1 atom stereocenters. The van der Waals surface area contributed by atoms with Gasteiger partial charge in [-0.1, -0.05) is 29.2 Å². The van der Waals surface area contributed by atoms with Gasteiger partial charge in [-0.3, -0.25) is 4.79 Å². The van der Waals surface area contributed by atoms with Crippen LogP contribution in [0.1, 0.15) is 6.92 Å². The van der Waals surface area contributed by atoms with Crippen LogP contribution in [-0.4, -0.2) is 26.3 Å². The maximum absolute atomic E-state index is 11.9. The molecule has 0 aliphatic carbocycles. The summed E-state index contributed by atoms with van der Waals surface area (Å²) in [6, 6.07) is 5.34. The van der Waals surface area contributed by atoms with E-state index in [1.54, 1.807) is 25.3 Å². The normalized spacial score (nSPS) is 12.1. The number of carbonyl (C=O) groups excluding carboxylic acids is 1. The fourth-order valence-electron chi connectivity index (χ4n) is 1.14. The average Bonchev–Trinajstić information content (AvgIpc) is 2.76. The minimum Gasteiger partial charge on any atom is -0.374 e. The van der Waals surface area contributed by atoms with Gasteiger partial charge >= 0.3 is 0 Å². The number of hydrogen-bond acceptors (Lipinski definition) is 7. The van der Waals surface area contributed by atoms with E-state index < -0.39 is 0 Å². The Morgan fingerprint density at radius 1 is 1.50 bits per heavy atom. The molecule has 0 saturated heterocycles. The highest BCUT2D eigenvalue weighted by atomic mass is 32.2. The van der Waals surface area contributed by atoms with Crippen LogP contribution in [0.5, 0.6) is 0 Å². The molecule has 0 aliphatic rings. The quantitative estimate of drug-likeness (QED) is 0.827. The molecule has 0 aromatic carbocycles. The van der Waals surface area contributed by atoms with Crippen LogP contribution in [-0.2, 0) is 4.79 Å². The number of nitrogens with one attached hydrogen (secondary N) is 1. The number of nitrogens with two attached hydrogens (primary N) is 1. The largest absolute Gasteiger partial charge is 0.374 e. The smallest absolute Gasteiger partial charge is 0.238 e. The van der Waals surface area contributed by atoms with E-state index in [4.69, 9.17) is 5.73 Å². The lowest BCUT2D eigenvalue weighted by atomic mass is 10.4. The van der Waals surface area contributed by atoms with Crippen LogP contribution in [0.4, 0.5) is 10.9 Å². The van der Waals surface area contributed by atoms with Gasteiger partial charge in [-0.25, -0.2) is 4.98 Å². The predicted molar refractivity (Wildman–Crippen MR) is 72.5 cm³/mol. The molecule has 8 heteroatoms. The number of pyridine rings is 1. The molecule has 1 amide bonds. The van der Waals surface area contributed by atoms with E-state index in [2.05, 4.69) is 20.5 Å². The highest BCUT2D eigenvalue weighted by Crippen LogP contribution is 2.27. The Bertz CT molecular complexity index is 530. The first-order chi connectivity index (χ1) is 8.65. The molecule has 1 unspecified atom stereocenters. The second-order valence-electron chi connectivity index (χ2n) is 3.37.